The molecule has 0 saturated heterocycles. The van der Waals surface area contributed by atoms with Crippen molar-refractivity contribution < 1.29 is 13.7 Å². The molecule has 6 rings (SSSR count). The number of aryl methyl sites for hydroxylation is 4. The van der Waals surface area contributed by atoms with Crippen molar-refractivity contribution in [1.82, 2.24) is 0 Å². The van der Waals surface area contributed by atoms with E-state index < -0.39 is 0 Å². The summed E-state index contributed by atoms with van der Waals surface area (Å²) in [6.07, 6.45) is 2.07. The maximum absolute atomic E-state index is 6.81. The Hall–Kier alpha value is -3.79. The summed E-state index contributed by atoms with van der Waals surface area (Å²) in [5.74, 6) is 1.73. The molecule has 0 spiro atoms. The van der Waals surface area contributed by atoms with Crippen molar-refractivity contribution in [3.63, 3.8) is 0 Å². The first-order valence-corrected chi connectivity index (χ1v) is 11.4. The summed E-state index contributed by atoms with van der Waals surface area (Å²) in [6.45, 7) is 6.49. The molecule has 0 aliphatic carbocycles. The molecule has 0 atom stereocenters. The number of ether oxygens (including phenoxy) is 1. The SMILES string of the molecule is Cc1cccc(C)c1B1c2ccccc2Oc2c1oc1c(-c3cccc[n+]3C)c(C)ccc21. The minimum atomic E-state index is -0.0174. The summed E-state index contributed by atoms with van der Waals surface area (Å²) >= 11 is 0. The highest BCUT2D eigenvalue weighted by molar-refractivity contribution is 6.96. The molecule has 0 N–H and O–H groups in total. The Kier molecular flexibility index (Phi) is 4.44. The highest BCUT2D eigenvalue weighted by atomic mass is 16.5. The van der Waals surface area contributed by atoms with E-state index in [-0.39, 0.29) is 6.71 Å². The molecule has 4 heteroatoms. The van der Waals surface area contributed by atoms with Crippen LogP contribution in [0.2, 0.25) is 0 Å². The second-order valence-electron chi connectivity index (χ2n) is 9.00. The van der Waals surface area contributed by atoms with E-state index in [0.29, 0.717) is 0 Å². The lowest BCUT2D eigenvalue weighted by Crippen LogP contribution is -2.56. The number of para-hydroxylation sites is 1. The van der Waals surface area contributed by atoms with Crippen LogP contribution in [0.25, 0.3) is 22.2 Å². The molecule has 0 amide bonds. The standard InChI is InChI=1S/C29H25BNO2/c1-18-15-16-21-27(25(18)23-13-7-8-17-31(23)4)33-29-28(21)32-24-14-6-5-12-22(24)30(29)26-19(2)10-9-11-20(26)3/h5-17H,1-4H3/q+1. The van der Waals surface area contributed by atoms with Crippen molar-refractivity contribution in [2.45, 2.75) is 20.8 Å². The molecular formula is C29H25BNO2+. The zero-order chi connectivity index (χ0) is 22.7. The minimum Gasteiger partial charge on any atom is -0.465 e. The molecule has 3 heterocycles. The number of hydrogen-bond donors (Lipinski definition) is 0. The Balaban J connectivity index is 1.70. The number of furan rings is 1. The van der Waals surface area contributed by atoms with Crippen LogP contribution >= 0.6 is 0 Å². The van der Waals surface area contributed by atoms with Crippen LogP contribution in [0.4, 0.5) is 0 Å². The first kappa shape index (κ1) is 19.9. The molecule has 1 aliphatic rings. The van der Waals surface area contributed by atoms with E-state index in [1.807, 2.05) is 12.1 Å². The Morgan fingerprint density at radius 2 is 1.52 bits per heavy atom. The molecule has 160 valence electrons. The highest BCUT2D eigenvalue weighted by Crippen LogP contribution is 2.39. The zero-order valence-corrected chi connectivity index (χ0v) is 19.3. The fourth-order valence-corrected chi connectivity index (χ4v) is 5.28. The highest BCUT2D eigenvalue weighted by Gasteiger charge is 2.39. The quantitative estimate of drug-likeness (QED) is 0.299. The lowest BCUT2D eigenvalue weighted by Gasteiger charge is -2.25. The molecule has 0 saturated carbocycles. The lowest BCUT2D eigenvalue weighted by atomic mass is 9.36. The monoisotopic (exact) mass is 430 g/mol. The predicted molar refractivity (Wildman–Crippen MR) is 135 cm³/mol. The van der Waals surface area contributed by atoms with Gasteiger partial charge in [-0.25, -0.2) is 4.57 Å². The van der Waals surface area contributed by atoms with Crippen LogP contribution in [0.1, 0.15) is 16.7 Å². The number of rotatable bonds is 2. The van der Waals surface area contributed by atoms with Gasteiger partial charge in [0.15, 0.2) is 17.5 Å². The van der Waals surface area contributed by atoms with E-state index in [2.05, 4.69) is 99.2 Å². The van der Waals surface area contributed by atoms with Gasteiger partial charge in [0, 0.05) is 12.1 Å². The van der Waals surface area contributed by atoms with Gasteiger partial charge in [0.05, 0.1) is 10.9 Å². The van der Waals surface area contributed by atoms with Crippen LogP contribution in [0.3, 0.4) is 0 Å². The van der Waals surface area contributed by atoms with Crippen LogP contribution in [0.5, 0.6) is 11.5 Å². The first-order valence-electron chi connectivity index (χ1n) is 11.4. The van der Waals surface area contributed by atoms with Gasteiger partial charge < -0.3 is 9.15 Å². The fraction of sp³-hybridized carbons (Fsp3) is 0.138. The summed E-state index contributed by atoms with van der Waals surface area (Å²) in [7, 11) is 2.07. The van der Waals surface area contributed by atoms with Crippen molar-refractivity contribution in [2.75, 3.05) is 0 Å². The average Bonchev–Trinajstić information content (AvgIpc) is 3.17. The Bertz CT molecular complexity index is 1530. The van der Waals surface area contributed by atoms with Crippen LogP contribution in [0, 0.1) is 20.8 Å². The molecule has 3 nitrogen and oxygen atoms in total. The van der Waals surface area contributed by atoms with Crippen molar-refractivity contribution in [3.05, 3.63) is 95.7 Å². The van der Waals surface area contributed by atoms with Crippen molar-refractivity contribution in [1.29, 1.82) is 0 Å². The van der Waals surface area contributed by atoms with Crippen LogP contribution in [-0.2, 0) is 7.05 Å². The van der Waals surface area contributed by atoms with E-state index in [0.717, 1.165) is 44.8 Å². The van der Waals surface area contributed by atoms with Gasteiger partial charge in [0.2, 0.25) is 5.69 Å². The van der Waals surface area contributed by atoms with E-state index in [1.54, 1.807) is 0 Å². The summed E-state index contributed by atoms with van der Waals surface area (Å²) in [6, 6.07) is 25.4. The summed E-state index contributed by atoms with van der Waals surface area (Å²) in [5, 5.41) is 1.01. The number of hydrogen-bond acceptors (Lipinski definition) is 2. The molecular weight excluding hydrogens is 405 g/mol. The second kappa shape index (κ2) is 7.38. The Morgan fingerprint density at radius 1 is 0.758 bits per heavy atom. The zero-order valence-electron chi connectivity index (χ0n) is 19.3. The van der Waals surface area contributed by atoms with Gasteiger partial charge in [-0.3, -0.25) is 0 Å². The number of pyridine rings is 1. The lowest BCUT2D eigenvalue weighted by molar-refractivity contribution is -0.660. The maximum atomic E-state index is 6.81. The van der Waals surface area contributed by atoms with E-state index >= 15 is 0 Å². The molecule has 0 bridgehead atoms. The van der Waals surface area contributed by atoms with Crippen molar-refractivity contribution in [2.24, 2.45) is 7.05 Å². The third kappa shape index (κ3) is 2.94. The summed E-state index contributed by atoms with van der Waals surface area (Å²) in [5.41, 5.74) is 10.1. The van der Waals surface area contributed by atoms with Crippen LogP contribution in [-0.4, -0.2) is 6.71 Å². The van der Waals surface area contributed by atoms with Gasteiger partial charge in [-0.15, -0.1) is 0 Å². The van der Waals surface area contributed by atoms with Gasteiger partial charge in [-0.05, 0) is 50.0 Å². The van der Waals surface area contributed by atoms with Crippen molar-refractivity contribution in [3.8, 4) is 22.8 Å². The smallest absolute Gasteiger partial charge is 0.297 e. The van der Waals surface area contributed by atoms with E-state index in [1.165, 1.54) is 22.2 Å². The number of nitrogens with zero attached hydrogens (tertiary/aromatic N) is 1. The average molecular weight is 430 g/mol. The molecule has 2 aromatic heterocycles. The Labute approximate surface area is 194 Å². The van der Waals surface area contributed by atoms with Gasteiger partial charge in [-0.2, -0.15) is 0 Å². The van der Waals surface area contributed by atoms with Crippen LogP contribution in [0.15, 0.2) is 83.4 Å². The summed E-state index contributed by atoms with van der Waals surface area (Å²) in [4.78, 5) is 0. The Morgan fingerprint density at radius 3 is 2.30 bits per heavy atom. The third-order valence-corrected chi connectivity index (χ3v) is 6.89. The largest absolute Gasteiger partial charge is 0.465 e. The molecule has 1 aliphatic heterocycles. The molecule has 0 unspecified atom stereocenters. The molecule has 5 aromatic rings. The molecule has 0 radical (unpaired) electrons. The van der Waals surface area contributed by atoms with Gasteiger partial charge in [0.25, 0.3) is 6.71 Å². The molecule has 33 heavy (non-hydrogen) atoms. The fourth-order valence-electron chi connectivity index (χ4n) is 5.28. The van der Waals surface area contributed by atoms with E-state index in [4.69, 9.17) is 9.15 Å². The second-order valence-corrected chi connectivity index (χ2v) is 9.00. The maximum Gasteiger partial charge on any atom is 0.297 e. The van der Waals surface area contributed by atoms with Gasteiger partial charge in [0.1, 0.15) is 18.5 Å². The number of benzene rings is 3. The van der Waals surface area contributed by atoms with Crippen LogP contribution < -0.4 is 25.9 Å². The first-order chi connectivity index (χ1) is 16.0. The number of aromatic nitrogens is 1. The third-order valence-electron chi connectivity index (χ3n) is 6.89. The van der Waals surface area contributed by atoms with Crippen molar-refractivity contribution >= 4 is 34.3 Å². The minimum absolute atomic E-state index is 0.0174. The number of fused-ring (bicyclic) bond motifs is 4. The predicted octanol–water partition coefficient (Wildman–Crippen LogP) is 4.47. The van der Waals surface area contributed by atoms with Gasteiger partial charge in [-0.1, -0.05) is 59.1 Å². The summed E-state index contributed by atoms with van der Waals surface area (Å²) < 4.78 is 15.5. The normalized spacial score (nSPS) is 12.4. The van der Waals surface area contributed by atoms with E-state index in [9.17, 15) is 0 Å². The molecule has 0 fully saturated rings. The van der Waals surface area contributed by atoms with Gasteiger partial charge >= 0.3 is 0 Å². The molecule has 3 aromatic carbocycles. The topological polar surface area (TPSA) is 26.2 Å².